The fraction of sp³-hybridized carbons (Fsp3) is 0.250. The predicted octanol–water partition coefficient (Wildman–Crippen LogP) is -2.73. The van der Waals surface area contributed by atoms with E-state index in [4.69, 9.17) is 0 Å². The molecule has 1 heterocycles. The topological polar surface area (TPSA) is 121 Å². The second kappa shape index (κ2) is 7.54. The van der Waals surface area contributed by atoms with Crippen LogP contribution in [-0.4, -0.2) is 31.9 Å². The Bertz CT molecular complexity index is 523. The largest absolute Gasteiger partial charge is 1.00 e. The summed E-state index contributed by atoms with van der Waals surface area (Å²) in [6.45, 7) is 1.82. The quantitative estimate of drug-likeness (QED) is 0.277. The summed E-state index contributed by atoms with van der Waals surface area (Å²) in [6, 6.07) is 2.22. The van der Waals surface area contributed by atoms with Gasteiger partial charge in [0.1, 0.15) is 5.76 Å². The van der Waals surface area contributed by atoms with E-state index in [0.717, 1.165) is 12.3 Å². The Morgan fingerprint density at radius 3 is 2.78 bits per heavy atom. The number of rotatable bonds is 4. The summed E-state index contributed by atoms with van der Waals surface area (Å²) < 4.78 is 40.7. The first-order valence-electron chi connectivity index (χ1n) is 4.45. The zero-order valence-corrected chi connectivity index (χ0v) is 12.6. The fourth-order valence-corrected chi connectivity index (χ4v) is 1.28. The molecule has 0 bridgehead atoms. The maximum Gasteiger partial charge on any atom is 1.00 e. The standard InChI is InChI=1S/C8H10N2O6S.Na/c1-2-15-8(11)10-9-5-6-3-4-7(16-6)17(12,13)14;/h3-5H,2H2,1H3,(H,10,11)(H,12,13,14);/q;+1/p-1. The normalized spacial score (nSPS) is 11.0. The summed E-state index contributed by atoms with van der Waals surface area (Å²) in [5, 5.41) is 2.70. The molecule has 0 unspecified atom stereocenters. The van der Waals surface area contributed by atoms with Gasteiger partial charge < -0.3 is 13.7 Å². The molecule has 1 aromatic heterocycles. The van der Waals surface area contributed by atoms with E-state index >= 15 is 0 Å². The molecule has 1 N–H and O–H groups in total. The van der Waals surface area contributed by atoms with E-state index in [2.05, 4.69) is 14.3 Å². The molecule has 94 valence electrons. The first-order valence-corrected chi connectivity index (χ1v) is 5.86. The van der Waals surface area contributed by atoms with Crippen molar-refractivity contribution in [3.05, 3.63) is 17.9 Å². The number of ether oxygens (including phenoxy) is 1. The van der Waals surface area contributed by atoms with Gasteiger partial charge in [0.05, 0.1) is 12.8 Å². The summed E-state index contributed by atoms with van der Waals surface area (Å²) in [6.07, 6.45) is 0.276. The van der Waals surface area contributed by atoms with Gasteiger partial charge in [-0.3, -0.25) is 0 Å². The van der Waals surface area contributed by atoms with E-state index < -0.39 is 21.3 Å². The van der Waals surface area contributed by atoms with Crippen molar-refractivity contribution in [3.8, 4) is 0 Å². The Hall–Kier alpha value is -0.870. The Balaban J connectivity index is 0.00000289. The van der Waals surface area contributed by atoms with Crippen LogP contribution in [0.4, 0.5) is 4.79 Å². The second-order valence-electron chi connectivity index (χ2n) is 2.70. The van der Waals surface area contributed by atoms with Gasteiger partial charge in [0.15, 0.2) is 10.1 Å². The molecule has 8 nitrogen and oxygen atoms in total. The van der Waals surface area contributed by atoms with Gasteiger partial charge in [0.25, 0.3) is 0 Å². The molecule has 18 heavy (non-hydrogen) atoms. The summed E-state index contributed by atoms with van der Waals surface area (Å²) >= 11 is 0. The van der Waals surface area contributed by atoms with Crippen molar-refractivity contribution in [2.45, 2.75) is 12.0 Å². The Morgan fingerprint density at radius 1 is 1.61 bits per heavy atom. The van der Waals surface area contributed by atoms with Crippen LogP contribution in [0.25, 0.3) is 0 Å². The third-order valence-corrected chi connectivity index (χ3v) is 2.18. The van der Waals surface area contributed by atoms with Crippen molar-refractivity contribution in [2.24, 2.45) is 5.10 Å². The van der Waals surface area contributed by atoms with Crippen LogP contribution < -0.4 is 35.0 Å². The number of amides is 1. The van der Waals surface area contributed by atoms with Crippen LogP contribution in [0.2, 0.25) is 0 Å². The number of hydrazone groups is 1. The second-order valence-corrected chi connectivity index (χ2v) is 4.01. The molecule has 0 saturated heterocycles. The van der Waals surface area contributed by atoms with E-state index in [0.29, 0.717) is 0 Å². The SMILES string of the molecule is CCOC(=O)NN=Cc1ccc(S(=O)(=O)[O-])o1.[Na+]. The van der Waals surface area contributed by atoms with E-state index in [1.54, 1.807) is 6.92 Å². The van der Waals surface area contributed by atoms with Crippen LogP contribution in [0, 0.1) is 0 Å². The molecule has 1 amide bonds. The zero-order valence-electron chi connectivity index (χ0n) is 9.74. The van der Waals surface area contributed by atoms with Crippen molar-refractivity contribution >= 4 is 22.4 Å². The minimum atomic E-state index is -4.62. The van der Waals surface area contributed by atoms with Crippen molar-refractivity contribution < 1.29 is 56.5 Å². The number of hydrogen-bond donors (Lipinski definition) is 1. The van der Waals surface area contributed by atoms with E-state index in [1.165, 1.54) is 6.07 Å². The van der Waals surface area contributed by atoms with Crippen LogP contribution in [0.1, 0.15) is 12.7 Å². The van der Waals surface area contributed by atoms with Crippen molar-refractivity contribution in [3.63, 3.8) is 0 Å². The summed E-state index contributed by atoms with van der Waals surface area (Å²) in [4.78, 5) is 10.8. The van der Waals surface area contributed by atoms with Crippen LogP contribution >= 0.6 is 0 Å². The molecule has 0 fully saturated rings. The number of hydrogen-bond acceptors (Lipinski definition) is 7. The van der Waals surface area contributed by atoms with Crippen LogP contribution in [0.15, 0.2) is 26.7 Å². The minimum Gasteiger partial charge on any atom is -0.742 e. The molecule has 1 rings (SSSR count). The average Bonchev–Trinajstić information content (AvgIpc) is 2.66. The molecule has 1 aromatic rings. The van der Waals surface area contributed by atoms with Gasteiger partial charge in [-0.15, -0.1) is 0 Å². The smallest absolute Gasteiger partial charge is 0.742 e. The number of carbonyl (C=O) groups is 1. The first kappa shape index (κ1) is 17.1. The molecule has 0 radical (unpaired) electrons. The Kier molecular flexibility index (Phi) is 7.18. The first-order chi connectivity index (χ1) is 7.93. The maximum absolute atomic E-state index is 10.8. The molecular weight excluding hydrogens is 275 g/mol. The Morgan fingerprint density at radius 2 is 2.28 bits per heavy atom. The summed E-state index contributed by atoms with van der Waals surface area (Å²) in [5.74, 6) is 0.0104. The van der Waals surface area contributed by atoms with Gasteiger partial charge in [-0.25, -0.2) is 18.6 Å². The monoisotopic (exact) mass is 284 g/mol. The minimum absolute atomic E-state index is 0. The van der Waals surface area contributed by atoms with Crippen LogP contribution in [0.3, 0.4) is 0 Å². The third-order valence-electron chi connectivity index (χ3n) is 1.47. The number of nitrogens with zero attached hydrogens (tertiary/aromatic N) is 1. The number of nitrogens with one attached hydrogen (secondary N) is 1. The van der Waals surface area contributed by atoms with E-state index in [-0.39, 0.29) is 41.9 Å². The van der Waals surface area contributed by atoms with Crippen LogP contribution in [-0.2, 0) is 14.9 Å². The third kappa shape index (κ3) is 5.65. The molecule has 0 aliphatic heterocycles. The van der Waals surface area contributed by atoms with Crippen molar-refractivity contribution in [1.82, 2.24) is 5.43 Å². The van der Waals surface area contributed by atoms with E-state index in [9.17, 15) is 17.8 Å². The predicted molar refractivity (Wildman–Crippen MR) is 54.4 cm³/mol. The van der Waals surface area contributed by atoms with Gasteiger partial charge in [0.2, 0.25) is 5.09 Å². The van der Waals surface area contributed by atoms with Gasteiger partial charge in [-0.2, -0.15) is 5.10 Å². The summed E-state index contributed by atoms with van der Waals surface area (Å²) in [7, 11) is -4.62. The number of furan rings is 1. The molecule has 10 heteroatoms. The van der Waals surface area contributed by atoms with Crippen molar-refractivity contribution in [1.29, 1.82) is 0 Å². The molecule has 0 saturated carbocycles. The molecule has 0 atom stereocenters. The van der Waals surface area contributed by atoms with Crippen molar-refractivity contribution in [2.75, 3.05) is 6.61 Å². The maximum atomic E-state index is 10.8. The molecule has 0 aliphatic carbocycles. The van der Waals surface area contributed by atoms with Gasteiger partial charge in [0, 0.05) is 0 Å². The molecule has 0 aromatic carbocycles. The number of carbonyl (C=O) groups excluding carboxylic acids is 1. The summed E-state index contributed by atoms with van der Waals surface area (Å²) in [5.41, 5.74) is 2.00. The fourth-order valence-electron chi connectivity index (χ4n) is 0.850. The molecular formula is C8H9N2NaO6S. The van der Waals surface area contributed by atoms with Gasteiger partial charge in [-0.05, 0) is 19.1 Å². The molecule has 0 spiro atoms. The average molecular weight is 284 g/mol. The van der Waals surface area contributed by atoms with E-state index in [1.807, 2.05) is 5.43 Å². The zero-order chi connectivity index (χ0) is 12.9. The van der Waals surface area contributed by atoms with Gasteiger partial charge in [-0.1, -0.05) is 0 Å². The molecule has 0 aliphatic rings. The van der Waals surface area contributed by atoms with Crippen LogP contribution in [0.5, 0.6) is 0 Å². The Labute approximate surface area is 125 Å². The van der Waals surface area contributed by atoms with Gasteiger partial charge >= 0.3 is 35.7 Å².